The summed E-state index contributed by atoms with van der Waals surface area (Å²) in [7, 11) is 0. The summed E-state index contributed by atoms with van der Waals surface area (Å²) in [6.07, 6.45) is -0.112. The lowest BCUT2D eigenvalue weighted by Crippen LogP contribution is -2.17. The van der Waals surface area contributed by atoms with Crippen LogP contribution in [0, 0.1) is 0 Å². The highest BCUT2D eigenvalue weighted by molar-refractivity contribution is 5.78. The van der Waals surface area contributed by atoms with E-state index in [-0.39, 0.29) is 11.2 Å². The summed E-state index contributed by atoms with van der Waals surface area (Å²) in [5.41, 5.74) is 0.615. The second kappa shape index (κ2) is 5.33. The minimum atomic E-state index is -4.44. The molecule has 3 heterocycles. The molecule has 1 aromatic carbocycles. The van der Waals surface area contributed by atoms with Crippen molar-refractivity contribution in [2.75, 3.05) is 0 Å². The van der Waals surface area contributed by atoms with Crippen LogP contribution in [0.1, 0.15) is 5.56 Å². The molecule has 126 valence electrons. The van der Waals surface area contributed by atoms with Gasteiger partial charge in [-0.1, -0.05) is 12.1 Å². The highest BCUT2D eigenvalue weighted by Gasteiger charge is 2.30. The number of nitrogens with one attached hydrogen (secondary N) is 2. The minimum Gasteiger partial charge on any atom is -0.296 e. The van der Waals surface area contributed by atoms with E-state index in [0.29, 0.717) is 22.4 Å². The minimum absolute atomic E-state index is 0.243. The van der Waals surface area contributed by atoms with Gasteiger partial charge in [-0.3, -0.25) is 15.0 Å². The van der Waals surface area contributed by atoms with Gasteiger partial charge >= 0.3 is 6.18 Å². The van der Waals surface area contributed by atoms with Gasteiger partial charge in [0.1, 0.15) is 0 Å². The first-order valence-corrected chi connectivity index (χ1v) is 7.21. The zero-order valence-corrected chi connectivity index (χ0v) is 12.5. The molecule has 0 unspecified atom stereocenters. The normalized spacial score (nSPS) is 12.0. The fourth-order valence-corrected chi connectivity index (χ4v) is 2.62. The smallest absolute Gasteiger partial charge is 0.296 e. The van der Waals surface area contributed by atoms with Crippen LogP contribution >= 0.6 is 0 Å². The quantitative estimate of drug-likeness (QED) is 0.586. The highest BCUT2D eigenvalue weighted by Crippen LogP contribution is 2.32. The van der Waals surface area contributed by atoms with Crippen molar-refractivity contribution in [3.8, 4) is 22.4 Å². The molecule has 0 bridgehead atoms. The molecule has 0 saturated carbocycles. The number of H-pyrrole nitrogens is 2. The molecule has 0 fully saturated rings. The Balaban J connectivity index is 1.88. The fourth-order valence-electron chi connectivity index (χ4n) is 2.62. The van der Waals surface area contributed by atoms with E-state index in [1.54, 1.807) is 6.07 Å². The number of fused-ring (bicyclic) bond motifs is 1. The van der Waals surface area contributed by atoms with Gasteiger partial charge in [-0.25, -0.2) is 9.50 Å². The number of nitrogens with zero attached hydrogens (tertiary/aromatic N) is 3. The lowest BCUT2D eigenvalue weighted by Gasteiger charge is -2.08. The topological polar surface area (TPSA) is 78.8 Å². The van der Waals surface area contributed by atoms with E-state index in [0.717, 1.165) is 12.1 Å². The molecule has 4 rings (SSSR count). The van der Waals surface area contributed by atoms with Crippen LogP contribution < -0.4 is 5.56 Å². The SMILES string of the molecule is O=c1c(-c2ccn[nH]2)cnc2c(-c3cccc(C(F)(F)F)c3)c[nH]n12. The van der Waals surface area contributed by atoms with Gasteiger partial charge in [0.2, 0.25) is 0 Å². The Morgan fingerprint density at radius 1 is 1.12 bits per heavy atom. The van der Waals surface area contributed by atoms with E-state index in [4.69, 9.17) is 0 Å². The lowest BCUT2D eigenvalue weighted by molar-refractivity contribution is -0.137. The highest BCUT2D eigenvalue weighted by atomic mass is 19.4. The number of rotatable bonds is 2. The van der Waals surface area contributed by atoms with Crippen LogP contribution in [0.15, 0.2) is 53.7 Å². The van der Waals surface area contributed by atoms with Crippen LogP contribution in [0.5, 0.6) is 0 Å². The van der Waals surface area contributed by atoms with E-state index in [1.165, 1.54) is 35.2 Å². The molecule has 0 spiro atoms. The molecule has 2 N–H and O–H groups in total. The summed E-state index contributed by atoms with van der Waals surface area (Å²) in [6.45, 7) is 0. The van der Waals surface area contributed by atoms with Crippen molar-refractivity contribution >= 4 is 5.65 Å². The Bertz CT molecular complexity index is 1110. The van der Waals surface area contributed by atoms with Crippen molar-refractivity contribution in [3.05, 3.63) is 64.8 Å². The van der Waals surface area contributed by atoms with Gasteiger partial charge in [-0.05, 0) is 23.8 Å². The molecule has 0 amide bonds. The van der Waals surface area contributed by atoms with Gasteiger partial charge < -0.3 is 0 Å². The summed E-state index contributed by atoms with van der Waals surface area (Å²) in [5, 5.41) is 9.21. The van der Waals surface area contributed by atoms with Crippen molar-refractivity contribution in [2.24, 2.45) is 0 Å². The Morgan fingerprint density at radius 3 is 2.68 bits per heavy atom. The largest absolute Gasteiger partial charge is 0.416 e. The zero-order chi connectivity index (χ0) is 17.6. The molecule has 6 nitrogen and oxygen atoms in total. The summed E-state index contributed by atoms with van der Waals surface area (Å²) in [4.78, 5) is 16.8. The summed E-state index contributed by atoms with van der Waals surface area (Å²) >= 11 is 0. The van der Waals surface area contributed by atoms with Crippen LogP contribution in [0.3, 0.4) is 0 Å². The average Bonchev–Trinajstić information content (AvgIpc) is 3.24. The molecule has 9 heteroatoms. The number of hydrogen-bond acceptors (Lipinski definition) is 3. The summed E-state index contributed by atoms with van der Waals surface area (Å²) < 4.78 is 39.9. The Kier molecular flexibility index (Phi) is 3.24. The molecule has 25 heavy (non-hydrogen) atoms. The van der Waals surface area contributed by atoms with Crippen LogP contribution in [-0.2, 0) is 6.18 Å². The predicted molar refractivity (Wildman–Crippen MR) is 83.8 cm³/mol. The molecular formula is C16H10F3N5O. The van der Waals surface area contributed by atoms with Crippen molar-refractivity contribution in [1.29, 1.82) is 0 Å². The van der Waals surface area contributed by atoms with Gasteiger partial charge in [0, 0.05) is 24.2 Å². The first-order valence-electron chi connectivity index (χ1n) is 7.21. The first-order chi connectivity index (χ1) is 11.9. The first kappa shape index (κ1) is 15.2. The fraction of sp³-hybridized carbons (Fsp3) is 0.0625. The van der Waals surface area contributed by atoms with Crippen molar-refractivity contribution in [1.82, 2.24) is 24.8 Å². The van der Waals surface area contributed by atoms with Crippen molar-refractivity contribution in [2.45, 2.75) is 6.18 Å². The Morgan fingerprint density at radius 2 is 1.96 bits per heavy atom. The van der Waals surface area contributed by atoms with Crippen molar-refractivity contribution in [3.63, 3.8) is 0 Å². The number of alkyl halides is 3. The molecule has 4 aromatic rings. The molecule has 0 aliphatic rings. The second-order valence-corrected chi connectivity index (χ2v) is 5.37. The van der Waals surface area contributed by atoms with Crippen LogP contribution in [0.25, 0.3) is 28.0 Å². The van der Waals surface area contributed by atoms with Crippen LogP contribution in [0.2, 0.25) is 0 Å². The standard InChI is InChI=1S/C16H10F3N5O/c17-16(18,19)10-3-1-2-9(6-10)11-8-22-24-14(11)20-7-12(15(24)25)13-4-5-21-23-13/h1-8,22H,(H,21,23). The summed E-state index contributed by atoms with van der Waals surface area (Å²) in [6, 6.07) is 6.50. The van der Waals surface area contributed by atoms with Crippen LogP contribution in [0.4, 0.5) is 13.2 Å². The molecule has 0 aliphatic carbocycles. The molecule has 3 aromatic heterocycles. The maximum atomic E-state index is 12.9. The number of aromatic nitrogens is 5. The van der Waals surface area contributed by atoms with Gasteiger partial charge in [0.05, 0.1) is 16.8 Å². The number of halogens is 3. The van der Waals surface area contributed by atoms with E-state index >= 15 is 0 Å². The monoisotopic (exact) mass is 345 g/mol. The van der Waals surface area contributed by atoms with Gasteiger partial charge in [-0.15, -0.1) is 0 Å². The third-order valence-electron chi connectivity index (χ3n) is 3.83. The molecular weight excluding hydrogens is 335 g/mol. The third kappa shape index (κ3) is 2.49. The maximum Gasteiger partial charge on any atom is 0.416 e. The van der Waals surface area contributed by atoms with Gasteiger partial charge in [0.25, 0.3) is 5.56 Å². The van der Waals surface area contributed by atoms with E-state index in [9.17, 15) is 18.0 Å². The molecule has 0 saturated heterocycles. The number of aromatic amines is 2. The third-order valence-corrected chi connectivity index (χ3v) is 3.83. The zero-order valence-electron chi connectivity index (χ0n) is 12.5. The Labute approximate surface area is 137 Å². The van der Waals surface area contributed by atoms with Gasteiger partial charge in [0.15, 0.2) is 5.65 Å². The molecule has 0 atom stereocenters. The average molecular weight is 345 g/mol. The molecule has 0 radical (unpaired) electrons. The second-order valence-electron chi connectivity index (χ2n) is 5.37. The predicted octanol–water partition coefficient (Wildman–Crippen LogP) is 3.10. The Hall–Kier alpha value is -3.36. The van der Waals surface area contributed by atoms with Gasteiger partial charge in [-0.2, -0.15) is 18.3 Å². The maximum absolute atomic E-state index is 12.9. The summed E-state index contributed by atoms with van der Waals surface area (Å²) in [5.74, 6) is 0. The number of hydrogen-bond donors (Lipinski definition) is 2. The van der Waals surface area contributed by atoms with E-state index in [2.05, 4.69) is 20.3 Å². The lowest BCUT2D eigenvalue weighted by atomic mass is 10.1. The molecule has 0 aliphatic heterocycles. The number of benzene rings is 1. The van der Waals surface area contributed by atoms with E-state index < -0.39 is 11.7 Å². The van der Waals surface area contributed by atoms with Crippen molar-refractivity contribution < 1.29 is 13.2 Å². The van der Waals surface area contributed by atoms with E-state index in [1.807, 2.05) is 0 Å². The van der Waals surface area contributed by atoms with Crippen LogP contribution in [-0.4, -0.2) is 24.8 Å².